The van der Waals surface area contributed by atoms with Crippen molar-refractivity contribution in [1.29, 1.82) is 0 Å². The van der Waals surface area contributed by atoms with Crippen molar-refractivity contribution in [1.82, 2.24) is 70.0 Å². The van der Waals surface area contributed by atoms with Crippen LogP contribution in [0.3, 0.4) is 0 Å². The smallest absolute Gasteiger partial charge is 0.125 e. The van der Waals surface area contributed by atoms with Crippen LogP contribution in [0.5, 0.6) is 0 Å². The predicted octanol–water partition coefficient (Wildman–Crippen LogP) is 22.9. The third-order valence-corrected chi connectivity index (χ3v) is 13.3. The molecule has 4 aromatic carbocycles. The molecule has 0 saturated carbocycles. The highest BCUT2D eigenvalue weighted by molar-refractivity contribution is 5.84. The van der Waals surface area contributed by atoms with Crippen LogP contribution in [0.2, 0.25) is 0 Å². The molecule has 0 spiro atoms. The Bertz CT molecular complexity index is 3910. The Morgan fingerprint density at radius 2 is 0.724 bits per heavy atom. The molecule has 0 aliphatic rings. The highest BCUT2D eigenvalue weighted by atomic mass is 15.1. The Labute approximate surface area is 587 Å². The van der Waals surface area contributed by atoms with Crippen molar-refractivity contribution in [3.8, 4) is 0 Å². The van der Waals surface area contributed by atoms with Crippen LogP contribution in [-0.4, -0.2) is 70.0 Å². The van der Waals surface area contributed by atoms with Gasteiger partial charge in [0.2, 0.25) is 0 Å². The summed E-state index contributed by atoms with van der Waals surface area (Å²) in [6.07, 6.45) is 19.7. The molecule has 0 saturated heterocycles. The zero-order valence-electron chi connectivity index (χ0n) is 64.4. The first-order valence-electron chi connectivity index (χ1n) is 34.7. The SMILES string of the molecule is CC.CC.CC.CC.CC.CC.CC.Cc1cc(C)c2ccnnc2c1.Cc1cc(C)c2cncnc2c1.Cc1cc(C)c2nccnc2c1.Cc1cc2cc(C)ncc2cn1.Cc1cc2nc(C)ccc2cn1.Cc1ccc2cnc(C)nc2c1.Cc1cnc2cnc(C)cc2c1. The molecule has 0 atom stereocenters. The minimum atomic E-state index is 0.827. The van der Waals surface area contributed by atoms with Crippen molar-refractivity contribution in [2.45, 2.75) is 194 Å². The van der Waals surface area contributed by atoms with Crippen LogP contribution in [0.15, 0.2) is 171 Å². The molecule has 0 amide bonds. The van der Waals surface area contributed by atoms with Gasteiger partial charge in [-0.05, 0) is 220 Å². The van der Waals surface area contributed by atoms with E-state index in [1.807, 2.05) is 219 Å². The van der Waals surface area contributed by atoms with Crippen molar-refractivity contribution in [2.24, 2.45) is 0 Å². The van der Waals surface area contributed by atoms with Gasteiger partial charge >= 0.3 is 0 Å². The normalized spacial score (nSPS) is 9.43. The molecule has 14 aromatic rings. The highest BCUT2D eigenvalue weighted by Gasteiger charge is 2.03. The standard InChI is InChI=1S/7C10H10N2.7C2H6/c1-7-3-9-4-8(2)12-6-10(9)5-11-7;1-7-3-9-4-8(2)11-6-10(9)12-5-7;1-7-3-8(2)9-5-11-6-12-10(9)4-7;1-7-5-8(2)10-9(6-7)11-3-4-12-10;1-7-5-8(2)9-3-4-11-12-10(9)6-7;1-7-3-4-9-6-11-8(2)5-10(9)12-7;1-7-3-4-9-6-11-8(2)12-10(9)5-7;7*1-2/h7*3-6H,1-2H3;7*1-2H3. The van der Waals surface area contributed by atoms with Gasteiger partial charge in [0.1, 0.15) is 12.2 Å². The lowest BCUT2D eigenvalue weighted by molar-refractivity contribution is 1.07. The molecule has 98 heavy (non-hydrogen) atoms. The largest absolute Gasteiger partial charge is 0.261 e. The van der Waals surface area contributed by atoms with Gasteiger partial charge < -0.3 is 0 Å². The lowest BCUT2D eigenvalue weighted by atomic mass is 10.1. The predicted molar refractivity (Wildman–Crippen MR) is 423 cm³/mol. The summed E-state index contributed by atoms with van der Waals surface area (Å²) in [5.74, 6) is 0.827. The highest BCUT2D eigenvalue weighted by Crippen LogP contribution is 2.20. The first-order valence-corrected chi connectivity index (χ1v) is 34.7. The van der Waals surface area contributed by atoms with Crippen molar-refractivity contribution in [3.05, 3.63) is 250 Å². The van der Waals surface area contributed by atoms with E-state index < -0.39 is 0 Å². The lowest BCUT2D eigenvalue weighted by Gasteiger charge is -2.01. The second-order valence-corrected chi connectivity index (χ2v) is 21.1. The van der Waals surface area contributed by atoms with Crippen LogP contribution in [-0.2, 0) is 0 Å². The summed E-state index contributed by atoms with van der Waals surface area (Å²) in [6, 6.07) is 35.2. The average Bonchev–Trinajstić information content (AvgIpc) is 0.920. The molecule has 0 bridgehead atoms. The quantitative estimate of drug-likeness (QED) is 0.140. The molecule has 10 aromatic heterocycles. The number of nitrogens with zero attached hydrogens (tertiary/aromatic N) is 14. The number of hydrogen-bond donors (Lipinski definition) is 0. The fourth-order valence-electron chi connectivity index (χ4n) is 9.27. The summed E-state index contributed by atoms with van der Waals surface area (Å²) in [5.41, 5.74) is 22.1. The van der Waals surface area contributed by atoms with Crippen LogP contribution in [0.1, 0.15) is 176 Å². The number of aryl methyl sites for hydroxylation is 14. The first kappa shape index (κ1) is 85.9. The fourth-order valence-corrected chi connectivity index (χ4v) is 9.27. The van der Waals surface area contributed by atoms with E-state index in [4.69, 9.17) is 0 Å². The molecule has 14 heteroatoms. The number of fused-ring (bicyclic) bond motifs is 7. The molecule has 14 rings (SSSR count). The molecule has 0 radical (unpaired) electrons. The molecule has 14 nitrogen and oxygen atoms in total. The molecule has 0 unspecified atom stereocenters. The third kappa shape index (κ3) is 28.7. The van der Waals surface area contributed by atoms with E-state index in [1.54, 1.807) is 24.9 Å². The Balaban J connectivity index is 0.000000554. The maximum Gasteiger partial charge on any atom is 0.125 e. The van der Waals surface area contributed by atoms with Gasteiger partial charge in [0.15, 0.2) is 0 Å². The average molecular weight is 1320 g/mol. The molecular weight excluding hydrogens is 1210 g/mol. The summed E-state index contributed by atoms with van der Waals surface area (Å²) < 4.78 is 0. The minimum Gasteiger partial charge on any atom is -0.261 e. The zero-order valence-corrected chi connectivity index (χ0v) is 64.4. The van der Waals surface area contributed by atoms with Crippen molar-refractivity contribution < 1.29 is 0 Å². The molecular formula is C84H112N14. The van der Waals surface area contributed by atoms with Gasteiger partial charge in [0, 0.05) is 110 Å². The molecule has 10 heterocycles. The van der Waals surface area contributed by atoms with Crippen molar-refractivity contribution >= 4 is 76.3 Å². The van der Waals surface area contributed by atoms with E-state index in [-0.39, 0.29) is 0 Å². The van der Waals surface area contributed by atoms with Gasteiger partial charge in [-0.1, -0.05) is 127 Å². The summed E-state index contributed by atoms with van der Waals surface area (Å²) in [5, 5.41) is 15.9. The maximum atomic E-state index is 4.40. The van der Waals surface area contributed by atoms with Gasteiger partial charge in [-0.25, -0.2) is 19.9 Å². The van der Waals surface area contributed by atoms with E-state index in [1.165, 1.54) is 60.7 Å². The number of pyridine rings is 6. The second-order valence-electron chi connectivity index (χ2n) is 21.1. The Hall–Kier alpha value is -10.1. The minimum absolute atomic E-state index is 0.827. The van der Waals surface area contributed by atoms with E-state index in [0.717, 1.165) is 94.5 Å². The maximum absolute atomic E-state index is 4.40. The van der Waals surface area contributed by atoms with Crippen LogP contribution >= 0.6 is 0 Å². The molecule has 0 aliphatic heterocycles. The Morgan fingerprint density at radius 3 is 1.34 bits per heavy atom. The lowest BCUT2D eigenvalue weighted by Crippen LogP contribution is -1.87. The Kier molecular flexibility index (Phi) is 41.9. The molecule has 0 fully saturated rings. The summed E-state index contributed by atoms with van der Waals surface area (Å²) in [6.45, 7) is 56.4. The van der Waals surface area contributed by atoms with Crippen LogP contribution in [0, 0.1) is 96.9 Å². The van der Waals surface area contributed by atoms with Gasteiger partial charge in [0.25, 0.3) is 0 Å². The topological polar surface area (TPSA) is 180 Å². The van der Waals surface area contributed by atoms with Crippen molar-refractivity contribution in [2.75, 3.05) is 0 Å². The number of aromatic nitrogens is 14. The van der Waals surface area contributed by atoms with Gasteiger partial charge in [-0.15, -0.1) is 0 Å². The summed E-state index contributed by atoms with van der Waals surface area (Å²) in [7, 11) is 0. The first-order chi connectivity index (χ1) is 47.3. The van der Waals surface area contributed by atoms with Gasteiger partial charge in [-0.2, -0.15) is 10.2 Å². The van der Waals surface area contributed by atoms with Gasteiger partial charge in [0.05, 0.1) is 51.0 Å². The number of benzene rings is 4. The third-order valence-electron chi connectivity index (χ3n) is 13.3. The van der Waals surface area contributed by atoms with Gasteiger partial charge in [-0.3, -0.25) is 39.9 Å². The monoisotopic (exact) mass is 1320 g/mol. The fraction of sp³-hybridized carbons (Fsp3) is 0.333. The molecule has 0 N–H and O–H groups in total. The van der Waals surface area contributed by atoms with Crippen LogP contribution in [0.4, 0.5) is 0 Å². The molecule has 0 aliphatic carbocycles. The zero-order chi connectivity index (χ0) is 73.9. The van der Waals surface area contributed by atoms with Crippen molar-refractivity contribution in [3.63, 3.8) is 0 Å². The van der Waals surface area contributed by atoms with E-state index >= 15 is 0 Å². The molecule has 518 valence electrons. The summed E-state index contributed by atoms with van der Waals surface area (Å²) >= 11 is 0. The Morgan fingerprint density at radius 1 is 0.245 bits per heavy atom. The van der Waals surface area contributed by atoms with Crippen LogP contribution < -0.4 is 0 Å². The summed E-state index contributed by atoms with van der Waals surface area (Å²) in [4.78, 5) is 50.6. The van der Waals surface area contributed by atoms with E-state index in [0.29, 0.717) is 0 Å². The second kappa shape index (κ2) is 47.8. The van der Waals surface area contributed by atoms with E-state index in [9.17, 15) is 0 Å². The van der Waals surface area contributed by atoms with E-state index in [2.05, 4.69) is 191 Å². The van der Waals surface area contributed by atoms with Crippen LogP contribution in [0.25, 0.3) is 76.3 Å². The number of rotatable bonds is 0. The number of hydrogen-bond acceptors (Lipinski definition) is 14.